The predicted octanol–water partition coefficient (Wildman–Crippen LogP) is 13.1. The van der Waals surface area contributed by atoms with Gasteiger partial charge in [0.1, 0.15) is 17.0 Å². The quantitative estimate of drug-likeness (QED) is 0.166. The molecule has 0 radical (unpaired) electrons. The summed E-state index contributed by atoms with van der Waals surface area (Å²) in [5.41, 5.74) is 13.3. The maximum atomic E-state index is 6.59. The van der Waals surface area contributed by atoms with E-state index in [0.717, 1.165) is 62.0 Å². The fraction of sp³-hybridized carbons (Fsp3) is 0.118. The minimum Gasteiger partial charge on any atom is -0.456 e. The van der Waals surface area contributed by atoms with Crippen molar-refractivity contribution in [2.45, 2.75) is 31.6 Å². The second kappa shape index (κ2) is 11.8. The maximum absolute atomic E-state index is 6.59. The molecule has 5 heteroatoms. The topological polar surface area (TPSA) is 51.8 Å². The van der Waals surface area contributed by atoms with Gasteiger partial charge in [0.25, 0.3) is 0 Å². The summed E-state index contributed by atoms with van der Waals surface area (Å²) in [5.74, 6) is 2.20. The number of nitrogens with zero attached hydrogens (tertiary/aromatic N) is 3. The van der Waals surface area contributed by atoms with E-state index in [1.54, 1.807) is 0 Å². The van der Waals surface area contributed by atoms with Crippen molar-refractivity contribution in [3.8, 4) is 45.0 Å². The first-order valence-corrected chi connectivity index (χ1v) is 20.2. The van der Waals surface area contributed by atoms with Crippen LogP contribution in [0.15, 0.2) is 167 Å². The van der Waals surface area contributed by atoms with Gasteiger partial charge < -0.3 is 4.42 Å². The third-order valence-corrected chi connectivity index (χ3v) is 14.0. The van der Waals surface area contributed by atoms with Gasteiger partial charge in [-0.05, 0) is 81.8 Å². The number of furan rings is 1. The highest BCUT2D eigenvalue weighted by atomic mass is 32.1. The van der Waals surface area contributed by atoms with Gasteiger partial charge in [-0.15, -0.1) is 11.3 Å². The molecule has 2 aliphatic heterocycles. The summed E-state index contributed by atoms with van der Waals surface area (Å²) < 4.78 is 7.93. The minimum absolute atomic E-state index is 0.160. The van der Waals surface area contributed by atoms with Crippen molar-refractivity contribution in [2.24, 2.45) is 5.92 Å². The average Bonchev–Trinajstić information content (AvgIpc) is 3.83. The zero-order valence-corrected chi connectivity index (χ0v) is 31.8. The Kier molecular flexibility index (Phi) is 6.71. The molecule has 266 valence electrons. The first-order valence-electron chi connectivity index (χ1n) is 19.4. The van der Waals surface area contributed by atoms with E-state index in [1.165, 1.54) is 42.8 Å². The van der Waals surface area contributed by atoms with E-state index in [9.17, 15) is 0 Å². The lowest BCUT2D eigenvalue weighted by Gasteiger charge is -2.44. The van der Waals surface area contributed by atoms with Crippen LogP contribution in [0.4, 0.5) is 0 Å². The third-order valence-electron chi connectivity index (χ3n) is 12.6. The second-order valence-electron chi connectivity index (χ2n) is 15.6. The molecule has 4 nitrogen and oxygen atoms in total. The number of hydrogen-bond donors (Lipinski definition) is 0. The Morgan fingerprint density at radius 3 is 2.07 bits per heavy atom. The molecule has 13 rings (SSSR count). The van der Waals surface area contributed by atoms with Gasteiger partial charge in [-0.2, -0.15) is 0 Å². The molecule has 56 heavy (non-hydrogen) atoms. The molecule has 4 aliphatic rings. The van der Waals surface area contributed by atoms with Gasteiger partial charge in [0, 0.05) is 36.9 Å². The second-order valence-corrected chi connectivity index (χ2v) is 16.7. The van der Waals surface area contributed by atoms with Crippen LogP contribution < -0.4 is 0 Å². The standard InChI is InChI=1S/C51H35N3OS/c1-29-18-27-38-46-39(29)28-40-36-12-6-7-17-43(36)56-47(40)51(46,2)34-25-23-32(24-26-34)35-13-8-15-41-44(35)45-37(14-9-16-42(45)55-41)49-52-48(53-50(38)54-49)33-21-19-31(20-22-33)30-10-4-3-5-11-30/h3-27,29,38H,28H2,1-2H3. The third kappa shape index (κ3) is 4.49. The lowest BCUT2D eigenvalue weighted by Crippen LogP contribution is -2.37. The Balaban J connectivity index is 1.18. The molecule has 0 saturated heterocycles. The lowest BCUT2D eigenvalue weighted by molar-refractivity contribution is 0.564. The summed E-state index contributed by atoms with van der Waals surface area (Å²) in [4.78, 5) is 17.7. The van der Waals surface area contributed by atoms with Crippen molar-refractivity contribution in [1.82, 2.24) is 15.0 Å². The molecule has 5 heterocycles. The van der Waals surface area contributed by atoms with Crippen LogP contribution >= 0.6 is 11.3 Å². The molecule has 0 N–H and O–H groups in total. The first kappa shape index (κ1) is 31.9. The highest BCUT2D eigenvalue weighted by molar-refractivity contribution is 7.19. The average molecular weight is 738 g/mol. The number of rotatable bonds is 2. The largest absolute Gasteiger partial charge is 0.456 e. The van der Waals surface area contributed by atoms with E-state index >= 15 is 0 Å². The number of benzene rings is 6. The molecule has 3 aromatic heterocycles. The van der Waals surface area contributed by atoms with Gasteiger partial charge in [0.15, 0.2) is 11.6 Å². The van der Waals surface area contributed by atoms with Crippen LogP contribution in [0.1, 0.15) is 41.6 Å². The monoisotopic (exact) mass is 737 g/mol. The van der Waals surface area contributed by atoms with E-state index in [4.69, 9.17) is 19.4 Å². The fourth-order valence-corrected chi connectivity index (χ4v) is 11.2. The molecule has 0 spiro atoms. The molecule has 0 fully saturated rings. The van der Waals surface area contributed by atoms with Crippen molar-refractivity contribution in [1.29, 1.82) is 0 Å². The Labute approximate surface area is 328 Å². The van der Waals surface area contributed by atoms with Gasteiger partial charge in [0.2, 0.25) is 0 Å². The van der Waals surface area contributed by atoms with Crippen LogP contribution in [0.25, 0.3) is 77.1 Å². The van der Waals surface area contributed by atoms with Gasteiger partial charge in [-0.1, -0.05) is 146 Å². The zero-order valence-electron chi connectivity index (χ0n) is 31.0. The van der Waals surface area contributed by atoms with Crippen molar-refractivity contribution < 1.29 is 4.42 Å². The number of allylic oxidation sites excluding steroid dienone is 4. The smallest absolute Gasteiger partial charge is 0.164 e. The van der Waals surface area contributed by atoms with E-state index in [0.29, 0.717) is 11.6 Å². The number of hydrogen-bond acceptors (Lipinski definition) is 5. The lowest BCUT2D eigenvalue weighted by atomic mass is 9.60. The summed E-state index contributed by atoms with van der Waals surface area (Å²) in [6.07, 6.45) is 5.66. The number of thiophene rings is 1. The van der Waals surface area contributed by atoms with Crippen molar-refractivity contribution in [3.63, 3.8) is 0 Å². The van der Waals surface area contributed by atoms with E-state index in [2.05, 4.69) is 166 Å². The van der Waals surface area contributed by atoms with Crippen LogP contribution in [0, 0.1) is 5.92 Å². The summed E-state index contributed by atoms with van der Waals surface area (Å²) in [7, 11) is 0. The molecule has 9 aromatic rings. The highest BCUT2D eigenvalue weighted by Gasteiger charge is 2.47. The van der Waals surface area contributed by atoms with Crippen LogP contribution in [0.5, 0.6) is 0 Å². The summed E-state index contributed by atoms with van der Waals surface area (Å²) in [6, 6.07) is 50.1. The molecule has 0 amide bonds. The van der Waals surface area contributed by atoms with Gasteiger partial charge in [-0.3, -0.25) is 0 Å². The molecule has 2 aliphatic carbocycles. The zero-order chi connectivity index (χ0) is 37.1. The van der Waals surface area contributed by atoms with Crippen LogP contribution in [0.3, 0.4) is 0 Å². The van der Waals surface area contributed by atoms with Crippen molar-refractivity contribution >= 4 is 43.4 Å². The SMILES string of the molecule is CC1C=CC2C3=C1Cc1c(sc4ccccc14)C3(C)c1ccc(cc1)-c1cccc3oc4cccc(c4c13)-c1nc(-c3ccc(-c4ccccc4)cc3)nc2n1. The summed E-state index contributed by atoms with van der Waals surface area (Å²) >= 11 is 1.94. The molecule has 3 unspecified atom stereocenters. The number of fused-ring (bicyclic) bond motifs is 5. The fourth-order valence-electron chi connectivity index (χ4n) is 9.82. The molecular weight excluding hydrogens is 703 g/mol. The molecule has 4 bridgehead atoms. The van der Waals surface area contributed by atoms with E-state index in [-0.39, 0.29) is 11.8 Å². The Morgan fingerprint density at radius 2 is 1.27 bits per heavy atom. The van der Waals surface area contributed by atoms with Gasteiger partial charge in [0.05, 0.1) is 5.92 Å². The van der Waals surface area contributed by atoms with E-state index in [1.807, 2.05) is 11.3 Å². The Morgan fingerprint density at radius 1 is 0.607 bits per heavy atom. The molecule has 3 atom stereocenters. The Bertz CT molecular complexity index is 3130. The summed E-state index contributed by atoms with van der Waals surface area (Å²) in [6.45, 7) is 4.81. The van der Waals surface area contributed by atoms with Crippen LogP contribution in [-0.4, -0.2) is 15.0 Å². The van der Waals surface area contributed by atoms with Gasteiger partial charge >= 0.3 is 0 Å². The molecule has 0 saturated carbocycles. The van der Waals surface area contributed by atoms with Crippen LogP contribution in [-0.2, 0) is 11.8 Å². The molecule has 6 aromatic carbocycles. The Hall–Kier alpha value is -6.43. The normalized spacial score (nSPS) is 19.5. The van der Waals surface area contributed by atoms with Crippen LogP contribution in [0.2, 0.25) is 0 Å². The molecular formula is C51H35N3OS. The van der Waals surface area contributed by atoms with Crippen molar-refractivity contribution in [3.05, 3.63) is 185 Å². The predicted molar refractivity (Wildman–Crippen MR) is 229 cm³/mol. The van der Waals surface area contributed by atoms with Gasteiger partial charge in [-0.25, -0.2) is 15.0 Å². The minimum atomic E-state index is -0.421. The number of aromatic nitrogens is 3. The summed E-state index contributed by atoms with van der Waals surface area (Å²) in [5, 5.41) is 3.46. The first-order chi connectivity index (χ1) is 27.5. The van der Waals surface area contributed by atoms with E-state index < -0.39 is 5.41 Å². The van der Waals surface area contributed by atoms with Crippen molar-refractivity contribution in [2.75, 3.05) is 0 Å². The highest BCUT2D eigenvalue weighted by Crippen LogP contribution is 2.58. The maximum Gasteiger partial charge on any atom is 0.164 e.